The number of thiol groups is 3. The van der Waals surface area contributed by atoms with E-state index in [9.17, 15) is 46.2 Å². The molecule has 10 nitrogen and oxygen atoms in total. The predicted molar refractivity (Wildman–Crippen MR) is 319 cm³/mol. The van der Waals surface area contributed by atoms with Crippen LogP contribution in [0.3, 0.4) is 0 Å². The summed E-state index contributed by atoms with van der Waals surface area (Å²) < 4.78 is 32.5. The molecule has 0 amide bonds. The molecule has 1 rings (SSSR count). The highest BCUT2D eigenvalue weighted by atomic mass is 33.1. The normalized spacial score (nSPS) is 16.3. The van der Waals surface area contributed by atoms with Gasteiger partial charge in [0.2, 0.25) is 0 Å². The number of hydrogen-bond acceptors (Lipinski definition) is 19. The molecule has 0 aliphatic carbocycles. The van der Waals surface area contributed by atoms with Gasteiger partial charge in [-0.15, -0.1) is 0 Å². The standard InChI is InChI=1S/C9H14O2S2.C9H18O2S2.C8H14OS2.2C7H14O2S2.C5H10OS2/c1-7(10)6-8(11)2-3-9-4-5-12-13-9;1-8(10)4-5-9(12-2)6-7-13(3)11;1-7(9)3-4-8(10)5-6-11-2;1-6(8)7(10-2)4-5-11(3)9;1-6(8)7(11(3)9)4-5-10-2;1-4(6)5(8)2-3-7/h9H,2-6H2,1H3;9H,4-7H2,1-3H3;3-4,8,10H,5-6H2,1-2H3;2*7H,4-5H2,1-3H3;5,7-8H,2-3H2,1H3/b;;4-3+;;;. The Morgan fingerprint density at radius 2 is 1.24 bits per heavy atom. The molecule has 22 heteroatoms. The van der Waals surface area contributed by atoms with E-state index in [0.717, 1.165) is 68.0 Å². The van der Waals surface area contributed by atoms with E-state index in [-0.39, 0.29) is 67.9 Å². The first-order valence-corrected chi connectivity index (χ1v) is 36.2. The fourth-order valence-electron chi connectivity index (χ4n) is 4.79. The van der Waals surface area contributed by atoms with Crippen LogP contribution in [0.1, 0.15) is 112 Å². The van der Waals surface area contributed by atoms with E-state index in [1.165, 1.54) is 37.8 Å². The summed E-state index contributed by atoms with van der Waals surface area (Å²) >= 11 is 19.0. The Labute approximate surface area is 455 Å². The molecule has 1 saturated heterocycles. The zero-order valence-corrected chi connectivity index (χ0v) is 52.3. The Morgan fingerprint density at radius 1 is 0.687 bits per heavy atom. The minimum absolute atomic E-state index is 0.0153. The average molecular weight is 1170 g/mol. The van der Waals surface area contributed by atoms with Gasteiger partial charge < -0.3 is 4.79 Å². The average Bonchev–Trinajstić information content (AvgIpc) is 3.76. The Balaban J connectivity index is -0.000000231. The monoisotopic (exact) mass is 1170 g/mol. The van der Waals surface area contributed by atoms with Gasteiger partial charge in [0.05, 0.1) is 22.2 Å². The molecule has 1 aliphatic rings. The molecule has 0 saturated carbocycles. The van der Waals surface area contributed by atoms with Crippen molar-refractivity contribution in [3.63, 3.8) is 0 Å². The Kier molecular flexibility index (Phi) is 61.2. The van der Waals surface area contributed by atoms with Crippen LogP contribution in [-0.4, -0.2) is 163 Å². The second-order valence-electron chi connectivity index (χ2n) is 15.2. The molecule has 0 N–H and O–H groups in total. The fourth-order valence-corrected chi connectivity index (χ4v) is 13.7. The van der Waals surface area contributed by atoms with Crippen LogP contribution in [0.2, 0.25) is 0 Å². The maximum absolute atomic E-state index is 11.2. The quantitative estimate of drug-likeness (QED) is 0.0269. The van der Waals surface area contributed by atoms with Crippen LogP contribution in [-0.2, 0) is 66.0 Å². The highest BCUT2D eigenvalue weighted by molar-refractivity contribution is 8.77. The van der Waals surface area contributed by atoms with E-state index in [4.69, 9.17) is 0 Å². The van der Waals surface area contributed by atoms with Crippen molar-refractivity contribution < 1.29 is 46.2 Å². The van der Waals surface area contributed by atoms with E-state index in [1.54, 1.807) is 87.8 Å². The summed E-state index contributed by atoms with van der Waals surface area (Å²) in [7, 11) is 1.30. The van der Waals surface area contributed by atoms with E-state index < -0.39 is 32.4 Å². The number of carbonyl (C=O) groups excluding carboxylic acids is 7. The second-order valence-corrected chi connectivity index (χ2v) is 28.5. The lowest BCUT2D eigenvalue weighted by atomic mass is 10.1. The van der Waals surface area contributed by atoms with Gasteiger partial charge in [-0.2, -0.15) is 84.9 Å². The van der Waals surface area contributed by atoms with Crippen LogP contribution in [0.25, 0.3) is 0 Å². The molecule has 9 atom stereocenters. The number of hydrogen-bond donors (Lipinski definition) is 3. The van der Waals surface area contributed by atoms with Gasteiger partial charge in [-0.25, -0.2) is 0 Å². The summed E-state index contributed by atoms with van der Waals surface area (Å²) in [6.07, 6.45) is 25.1. The molecule has 396 valence electrons. The third kappa shape index (κ3) is 61.2. The van der Waals surface area contributed by atoms with E-state index in [2.05, 4.69) is 44.1 Å². The zero-order chi connectivity index (χ0) is 52.9. The van der Waals surface area contributed by atoms with Crippen molar-refractivity contribution in [3.05, 3.63) is 12.2 Å². The zero-order valence-electron chi connectivity index (χ0n) is 42.2. The Hall–Kier alpha value is 1.03. The van der Waals surface area contributed by atoms with Gasteiger partial charge in [0.1, 0.15) is 34.7 Å². The summed E-state index contributed by atoms with van der Waals surface area (Å²) in [6, 6.07) is 0. The van der Waals surface area contributed by atoms with Crippen molar-refractivity contribution in [2.24, 2.45) is 0 Å². The number of rotatable bonds is 30. The van der Waals surface area contributed by atoms with Crippen LogP contribution in [0.5, 0.6) is 0 Å². The molecule has 0 aromatic rings. The van der Waals surface area contributed by atoms with Crippen molar-refractivity contribution in [3.8, 4) is 0 Å². The number of ketones is 7. The molecular formula is C45H84O10S12. The molecule has 0 aromatic heterocycles. The van der Waals surface area contributed by atoms with E-state index >= 15 is 0 Å². The summed E-state index contributed by atoms with van der Waals surface area (Å²) in [5, 5.41) is 1.05. The first-order valence-electron chi connectivity index (χ1n) is 21.7. The number of Topliss-reactive ketones (excluding diaryl/α,β-unsaturated/α-hetero) is 6. The highest BCUT2D eigenvalue weighted by Gasteiger charge is 2.19. The smallest absolute Gasteiger partial charge is 0.152 e. The van der Waals surface area contributed by atoms with Crippen molar-refractivity contribution >= 4 is 179 Å². The van der Waals surface area contributed by atoms with E-state index in [0.29, 0.717) is 29.1 Å². The third-order valence-electron chi connectivity index (χ3n) is 8.68. The van der Waals surface area contributed by atoms with Gasteiger partial charge in [0.25, 0.3) is 0 Å². The Morgan fingerprint density at radius 3 is 1.60 bits per heavy atom. The molecule has 1 aliphatic heterocycles. The van der Waals surface area contributed by atoms with Gasteiger partial charge in [-0.3, -0.25) is 41.4 Å². The molecule has 67 heavy (non-hydrogen) atoms. The molecular weight excluding hydrogens is 1090 g/mol. The largest absolute Gasteiger partial charge is 0.300 e. The van der Waals surface area contributed by atoms with Gasteiger partial charge in [-0.1, -0.05) is 27.7 Å². The van der Waals surface area contributed by atoms with E-state index in [1.807, 2.05) is 46.4 Å². The minimum atomic E-state index is -0.998. The molecule has 0 bridgehead atoms. The van der Waals surface area contributed by atoms with Crippen molar-refractivity contribution in [1.82, 2.24) is 0 Å². The number of thioether (sulfide) groups is 4. The lowest BCUT2D eigenvalue weighted by Crippen LogP contribution is -2.23. The van der Waals surface area contributed by atoms with Crippen LogP contribution < -0.4 is 0 Å². The first-order chi connectivity index (χ1) is 31.2. The summed E-state index contributed by atoms with van der Waals surface area (Å²) in [6.45, 7) is 9.27. The van der Waals surface area contributed by atoms with Gasteiger partial charge >= 0.3 is 0 Å². The predicted octanol–water partition coefficient (Wildman–Crippen LogP) is 9.85. The summed E-state index contributed by atoms with van der Waals surface area (Å²) in [5.74, 6) is 6.09. The van der Waals surface area contributed by atoms with Crippen LogP contribution in [0.15, 0.2) is 12.2 Å². The Bertz CT molecular complexity index is 1430. The molecule has 0 spiro atoms. The lowest BCUT2D eigenvalue weighted by Gasteiger charge is -2.11. The minimum Gasteiger partial charge on any atom is -0.300 e. The van der Waals surface area contributed by atoms with Gasteiger partial charge in [0, 0.05) is 97.0 Å². The summed E-state index contributed by atoms with van der Waals surface area (Å²) in [5.41, 5.74) is 0. The number of allylic oxidation sites excluding steroid dienone is 1. The first kappa shape index (κ1) is 76.9. The summed E-state index contributed by atoms with van der Waals surface area (Å²) in [4.78, 5) is 75.2. The molecule has 1 fully saturated rings. The molecule has 1 heterocycles. The molecule has 0 radical (unpaired) electrons. The van der Waals surface area contributed by atoms with Crippen molar-refractivity contribution in [2.45, 2.75) is 144 Å². The highest BCUT2D eigenvalue weighted by Crippen LogP contribution is 2.39. The maximum atomic E-state index is 11.2. The molecule has 9 unspecified atom stereocenters. The number of carbonyl (C=O) groups is 7. The third-order valence-corrected chi connectivity index (χ3v) is 19.6. The van der Waals surface area contributed by atoms with Crippen molar-refractivity contribution in [2.75, 3.05) is 78.3 Å². The van der Waals surface area contributed by atoms with Crippen molar-refractivity contribution in [1.29, 1.82) is 0 Å². The molecule has 0 aromatic carbocycles. The fraction of sp³-hybridized carbons (Fsp3) is 0.800. The van der Waals surface area contributed by atoms with Crippen LogP contribution >= 0.6 is 107 Å². The topological polar surface area (TPSA) is 171 Å². The second kappa shape index (κ2) is 53.3. The van der Waals surface area contributed by atoms with Crippen LogP contribution in [0.4, 0.5) is 0 Å². The van der Waals surface area contributed by atoms with Gasteiger partial charge in [0.15, 0.2) is 5.78 Å². The lowest BCUT2D eigenvalue weighted by molar-refractivity contribution is -0.126. The van der Waals surface area contributed by atoms with Gasteiger partial charge in [-0.05, 0) is 141 Å². The SMILES string of the molecule is CC(=O)C(S)CCS.CC(=O)CC(=O)CCC1CCSS1.CSC(CCC(C)=O)CCS(C)=O.CSC(CCS(C)=O)C(C)=O.CSCCC(C(C)=O)S(C)=O.CSCCC(S)/C=C/C(C)=O. The van der Waals surface area contributed by atoms with Crippen LogP contribution in [0, 0.1) is 0 Å². The maximum Gasteiger partial charge on any atom is 0.152 e.